The second-order valence-corrected chi connectivity index (χ2v) is 5.99. The van der Waals surface area contributed by atoms with Gasteiger partial charge in [0.1, 0.15) is 0 Å². The number of nitrogens with zero attached hydrogens (tertiary/aromatic N) is 1. The van der Waals surface area contributed by atoms with Crippen molar-refractivity contribution in [1.29, 1.82) is 0 Å². The molecule has 2 fully saturated rings. The molecule has 22 heavy (non-hydrogen) atoms. The van der Waals surface area contributed by atoms with Gasteiger partial charge in [0.2, 0.25) is 5.75 Å². The Morgan fingerprint density at radius 3 is 2.32 bits per heavy atom. The van der Waals surface area contributed by atoms with Crippen molar-refractivity contribution in [2.24, 2.45) is 0 Å². The van der Waals surface area contributed by atoms with Crippen molar-refractivity contribution >= 4 is 5.69 Å². The molecular weight excluding hydrogens is 280 g/mol. The van der Waals surface area contributed by atoms with Crippen LogP contribution >= 0.6 is 0 Å². The van der Waals surface area contributed by atoms with Crippen LogP contribution in [-0.2, 0) is 0 Å². The van der Waals surface area contributed by atoms with Crippen LogP contribution in [0.2, 0.25) is 0 Å². The number of ether oxygens (including phenoxy) is 3. The van der Waals surface area contributed by atoms with Gasteiger partial charge in [0, 0.05) is 43.0 Å². The van der Waals surface area contributed by atoms with E-state index in [9.17, 15) is 0 Å². The summed E-state index contributed by atoms with van der Waals surface area (Å²) in [5.41, 5.74) is 1.16. The molecule has 1 heterocycles. The van der Waals surface area contributed by atoms with Crippen molar-refractivity contribution in [1.82, 2.24) is 5.32 Å². The number of fused-ring (bicyclic) bond motifs is 1. The minimum atomic E-state index is 0.560. The maximum absolute atomic E-state index is 5.50. The summed E-state index contributed by atoms with van der Waals surface area (Å²) in [6, 6.07) is 5.29. The lowest BCUT2D eigenvalue weighted by molar-refractivity contribution is 0.283. The molecule has 0 amide bonds. The Labute approximate surface area is 132 Å². The van der Waals surface area contributed by atoms with Gasteiger partial charge in [-0.15, -0.1) is 0 Å². The lowest BCUT2D eigenvalue weighted by Crippen LogP contribution is -2.59. The maximum atomic E-state index is 5.50. The summed E-state index contributed by atoms with van der Waals surface area (Å²) in [5, 5.41) is 3.67. The molecule has 0 bridgehead atoms. The van der Waals surface area contributed by atoms with Crippen LogP contribution in [0.15, 0.2) is 12.1 Å². The van der Waals surface area contributed by atoms with E-state index in [2.05, 4.69) is 22.3 Å². The first-order chi connectivity index (χ1) is 10.8. The first-order valence-corrected chi connectivity index (χ1v) is 8.08. The zero-order valence-corrected chi connectivity index (χ0v) is 13.7. The van der Waals surface area contributed by atoms with Gasteiger partial charge in [0.25, 0.3) is 0 Å². The smallest absolute Gasteiger partial charge is 0.203 e. The Hall–Kier alpha value is -1.62. The summed E-state index contributed by atoms with van der Waals surface area (Å²) in [6.07, 6.45) is 5.15. The third-order valence-corrected chi connectivity index (χ3v) is 4.87. The number of anilines is 1. The van der Waals surface area contributed by atoms with E-state index in [-0.39, 0.29) is 0 Å². The van der Waals surface area contributed by atoms with Crippen molar-refractivity contribution in [3.63, 3.8) is 0 Å². The molecule has 1 aromatic carbocycles. The standard InChI is InChI=1S/C17H26N2O3/c1-20-15-10-12(11-16(21-2)17(15)22-3)19-9-8-18-13-6-4-5-7-14(13)19/h10-11,13-14,18H,4-9H2,1-3H3. The molecule has 1 saturated heterocycles. The van der Waals surface area contributed by atoms with Gasteiger partial charge in [0.05, 0.1) is 21.3 Å². The number of rotatable bonds is 4. The van der Waals surface area contributed by atoms with Gasteiger partial charge in [-0.2, -0.15) is 0 Å². The molecule has 0 aromatic heterocycles. The predicted molar refractivity (Wildman–Crippen MR) is 87.5 cm³/mol. The molecule has 2 atom stereocenters. The van der Waals surface area contributed by atoms with Crippen LogP contribution in [0.25, 0.3) is 0 Å². The van der Waals surface area contributed by atoms with E-state index >= 15 is 0 Å². The summed E-state index contributed by atoms with van der Waals surface area (Å²) in [5.74, 6) is 2.11. The number of hydrogen-bond acceptors (Lipinski definition) is 5. The minimum Gasteiger partial charge on any atom is -0.493 e. The molecule has 3 rings (SSSR count). The molecule has 5 heteroatoms. The average molecular weight is 306 g/mol. The van der Waals surface area contributed by atoms with Crippen LogP contribution in [0, 0.1) is 0 Å². The molecule has 1 N–H and O–H groups in total. The summed E-state index contributed by atoms with van der Waals surface area (Å²) < 4.78 is 16.4. The average Bonchev–Trinajstić information content (AvgIpc) is 2.59. The molecule has 1 aliphatic heterocycles. The van der Waals surface area contributed by atoms with Crippen LogP contribution in [-0.4, -0.2) is 46.5 Å². The highest BCUT2D eigenvalue weighted by atomic mass is 16.5. The van der Waals surface area contributed by atoms with Gasteiger partial charge in [-0.3, -0.25) is 0 Å². The highest BCUT2D eigenvalue weighted by Gasteiger charge is 2.33. The van der Waals surface area contributed by atoms with Crippen LogP contribution in [0.4, 0.5) is 5.69 Å². The van der Waals surface area contributed by atoms with Crippen molar-refractivity contribution < 1.29 is 14.2 Å². The first kappa shape index (κ1) is 15.3. The molecule has 0 spiro atoms. The monoisotopic (exact) mass is 306 g/mol. The Bertz CT molecular complexity index is 494. The third-order valence-electron chi connectivity index (χ3n) is 4.87. The summed E-state index contributed by atoms with van der Waals surface area (Å²) in [4.78, 5) is 2.50. The summed E-state index contributed by atoms with van der Waals surface area (Å²) in [6.45, 7) is 2.04. The zero-order chi connectivity index (χ0) is 15.5. The van der Waals surface area contributed by atoms with Crippen LogP contribution < -0.4 is 24.4 Å². The minimum absolute atomic E-state index is 0.560. The molecule has 1 aromatic rings. The molecular formula is C17H26N2O3. The molecule has 2 aliphatic rings. The van der Waals surface area contributed by atoms with Crippen LogP contribution in [0.1, 0.15) is 25.7 Å². The van der Waals surface area contributed by atoms with Gasteiger partial charge < -0.3 is 24.4 Å². The first-order valence-electron chi connectivity index (χ1n) is 8.08. The number of piperazine rings is 1. The highest BCUT2D eigenvalue weighted by molar-refractivity contribution is 5.64. The number of benzene rings is 1. The maximum Gasteiger partial charge on any atom is 0.203 e. The normalized spacial score (nSPS) is 24.6. The molecule has 0 radical (unpaired) electrons. The molecule has 2 unspecified atom stereocenters. The van der Waals surface area contributed by atoms with Crippen LogP contribution in [0.3, 0.4) is 0 Å². The van der Waals surface area contributed by atoms with Crippen molar-refractivity contribution in [2.75, 3.05) is 39.3 Å². The Kier molecular flexibility index (Phi) is 4.62. The largest absolute Gasteiger partial charge is 0.493 e. The quantitative estimate of drug-likeness (QED) is 0.925. The number of methoxy groups -OCH3 is 3. The van der Waals surface area contributed by atoms with E-state index in [1.807, 2.05) is 0 Å². The summed E-state index contributed by atoms with van der Waals surface area (Å²) >= 11 is 0. The van der Waals surface area contributed by atoms with Gasteiger partial charge in [-0.1, -0.05) is 12.8 Å². The Morgan fingerprint density at radius 2 is 1.68 bits per heavy atom. The van der Waals surface area contributed by atoms with Crippen LogP contribution in [0.5, 0.6) is 17.2 Å². The molecule has 1 aliphatic carbocycles. The second-order valence-electron chi connectivity index (χ2n) is 5.99. The lowest BCUT2D eigenvalue weighted by Gasteiger charge is -2.46. The predicted octanol–water partition coefficient (Wildman–Crippen LogP) is 2.43. The SMILES string of the molecule is COc1cc(N2CCNC3CCCCC32)cc(OC)c1OC. The molecule has 1 saturated carbocycles. The van der Waals surface area contributed by atoms with E-state index in [0.717, 1.165) is 30.3 Å². The summed E-state index contributed by atoms with van der Waals surface area (Å²) in [7, 11) is 4.98. The van der Waals surface area contributed by atoms with Gasteiger partial charge in [-0.25, -0.2) is 0 Å². The van der Waals surface area contributed by atoms with E-state index < -0.39 is 0 Å². The topological polar surface area (TPSA) is 43.0 Å². The fraction of sp³-hybridized carbons (Fsp3) is 0.647. The number of hydrogen-bond donors (Lipinski definition) is 1. The van der Waals surface area contributed by atoms with Crippen molar-refractivity contribution in [2.45, 2.75) is 37.8 Å². The van der Waals surface area contributed by atoms with E-state index in [1.165, 1.54) is 25.7 Å². The van der Waals surface area contributed by atoms with Crippen molar-refractivity contribution in [3.05, 3.63) is 12.1 Å². The van der Waals surface area contributed by atoms with E-state index in [0.29, 0.717) is 17.8 Å². The second kappa shape index (κ2) is 6.65. The van der Waals surface area contributed by atoms with E-state index in [1.54, 1.807) is 21.3 Å². The Morgan fingerprint density at radius 1 is 1.00 bits per heavy atom. The fourth-order valence-electron chi connectivity index (χ4n) is 3.81. The fourth-order valence-corrected chi connectivity index (χ4v) is 3.81. The van der Waals surface area contributed by atoms with Gasteiger partial charge in [0.15, 0.2) is 11.5 Å². The Balaban J connectivity index is 1.96. The third kappa shape index (κ3) is 2.70. The zero-order valence-electron chi connectivity index (χ0n) is 13.7. The molecule has 122 valence electrons. The van der Waals surface area contributed by atoms with Crippen molar-refractivity contribution in [3.8, 4) is 17.2 Å². The molecule has 5 nitrogen and oxygen atoms in total. The van der Waals surface area contributed by atoms with Gasteiger partial charge in [-0.05, 0) is 12.8 Å². The van der Waals surface area contributed by atoms with E-state index in [4.69, 9.17) is 14.2 Å². The van der Waals surface area contributed by atoms with Gasteiger partial charge >= 0.3 is 0 Å². The lowest BCUT2D eigenvalue weighted by atomic mass is 9.87. The highest BCUT2D eigenvalue weighted by Crippen LogP contribution is 2.42. The number of nitrogens with one attached hydrogen (secondary N) is 1.